The summed E-state index contributed by atoms with van der Waals surface area (Å²) in [6.45, 7) is 0.676. The summed E-state index contributed by atoms with van der Waals surface area (Å²) >= 11 is 0. The molecule has 8 heteroatoms. The summed E-state index contributed by atoms with van der Waals surface area (Å²) in [4.78, 5) is 18.4. The minimum absolute atomic E-state index is 0.238. The second-order valence-corrected chi connectivity index (χ2v) is 6.03. The molecule has 1 aliphatic rings. The van der Waals surface area contributed by atoms with Crippen molar-refractivity contribution >= 4 is 5.91 Å². The van der Waals surface area contributed by atoms with Crippen molar-refractivity contribution in [3.05, 3.63) is 65.4 Å². The van der Waals surface area contributed by atoms with E-state index in [4.69, 9.17) is 0 Å². The number of amides is 1. The van der Waals surface area contributed by atoms with Crippen molar-refractivity contribution < 1.29 is 13.6 Å². The van der Waals surface area contributed by atoms with Crippen molar-refractivity contribution in [3.63, 3.8) is 0 Å². The van der Waals surface area contributed by atoms with Gasteiger partial charge in [-0.25, -0.2) is 13.8 Å². The summed E-state index contributed by atoms with van der Waals surface area (Å²) in [7, 11) is 1.81. The summed E-state index contributed by atoms with van der Waals surface area (Å²) in [5, 5.41) is 4.25. The van der Waals surface area contributed by atoms with Crippen molar-refractivity contribution in [2.75, 3.05) is 6.54 Å². The highest BCUT2D eigenvalue weighted by Crippen LogP contribution is 2.23. The summed E-state index contributed by atoms with van der Waals surface area (Å²) < 4.78 is 30.1. The van der Waals surface area contributed by atoms with Crippen LogP contribution in [0.25, 0.3) is 5.82 Å². The molecule has 128 valence electrons. The molecule has 3 aromatic rings. The maximum absolute atomic E-state index is 13.4. The van der Waals surface area contributed by atoms with Gasteiger partial charge in [-0.15, -0.1) is 0 Å². The summed E-state index contributed by atoms with van der Waals surface area (Å²) in [5.74, 6) is -1.33. The molecule has 25 heavy (non-hydrogen) atoms. The van der Waals surface area contributed by atoms with Crippen LogP contribution in [0.2, 0.25) is 0 Å². The number of hydrogen-bond acceptors (Lipinski definition) is 3. The fourth-order valence-corrected chi connectivity index (χ4v) is 2.98. The third kappa shape index (κ3) is 2.79. The number of carbonyl (C=O) groups is 1. The van der Waals surface area contributed by atoms with Crippen LogP contribution >= 0.6 is 0 Å². The van der Waals surface area contributed by atoms with Gasteiger partial charge < -0.3 is 4.90 Å². The third-order valence-corrected chi connectivity index (χ3v) is 4.31. The number of rotatable bonds is 2. The molecule has 0 fully saturated rings. The Morgan fingerprint density at radius 1 is 1.20 bits per heavy atom. The molecule has 0 saturated carbocycles. The first-order chi connectivity index (χ1) is 12.0. The van der Waals surface area contributed by atoms with Crippen LogP contribution in [-0.2, 0) is 20.0 Å². The lowest BCUT2D eigenvalue weighted by Crippen LogP contribution is -2.36. The van der Waals surface area contributed by atoms with Gasteiger partial charge in [0.1, 0.15) is 12.0 Å². The van der Waals surface area contributed by atoms with Crippen molar-refractivity contribution in [3.8, 4) is 5.82 Å². The first-order valence-electron chi connectivity index (χ1n) is 7.81. The SMILES string of the molecule is Cn1ccc(-n2cnc(C(=O)N3CCc4cc(F)c(F)cc4C3)c2)n1. The highest BCUT2D eigenvalue weighted by atomic mass is 19.2. The molecule has 3 heterocycles. The van der Waals surface area contributed by atoms with Crippen LogP contribution in [0.4, 0.5) is 8.78 Å². The summed E-state index contributed by atoms with van der Waals surface area (Å²) in [6, 6.07) is 4.18. The number of halogens is 2. The maximum atomic E-state index is 13.4. The van der Waals surface area contributed by atoms with Gasteiger partial charge in [0.15, 0.2) is 17.5 Å². The Kier molecular flexibility index (Phi) is 3.60. The quantitative estimate of drug-likeness (QED) is 0.716. The van der Waals surface area contributed by atoms with Gasteiger partial charge in [-0.2, -0.15) is 5.10 Å². The predicted octanol–water partition coefficient (Wildman–Crippen LogP) is 2.08. The topological polar surface area (TPSA) is 56.0 Å². The lowest BCUT2D eigenvalue weighted by atomic mass is 9.99. The fourth-order valence-electron chi connectivity index (χ4n) is 2.98. The standard InChI is InChI=1S/C17H15F2N5O/c1-22-4-3-16(21-22)24-9-15(20-10-24)17(25)23-5-2-11-6-13(18)14(19)7-12(11)8-23/h3-4,6-7,9-10H,2,5,8H2,1H3. The van der Waals surface area contributed by atoms with Crippen LogP contribution in [0.1, 0.15) is 21.6 Å². The number of imidazole rings is 1. The third-order valence-electron chi connectivity index (χ3n) is 4.31. The van der Waals surface area contributed by atoms with E-state index in [0.29, 0.717) is 24.3 Å². The molecule has 0 saturated heterocycles. The Bertz CT molecular complexity index is 962. The summed E-state index contributed by atoms with van der Waals surface area (Å²) in [5.41, 5.74) is 1.65. The highest BCUT2D eigenvalue weighted by molar-refractivity contribution is 5.92. The van der Waals surface area contributed by atoms with Crippen molar-refractivity contribution in [2.45, 2.75) is 13.0 Å². The van der Waals surface area contributed by atoms with E-state index in [2.05, 4.69) is 10.1 Å². The van der Waals surface area contributed by atoms with E-state index in [9.17, 15) is 13.6 Å². The molecule has 0 aliphatic carbocycles. The Labute approximate surface area is 142 Å². The second kappa shape index (κ2) is 5.80. The van der Waals surface area contributed by atoms with E-state index in [0.717, 1.165) is 11.6 Å². The van der Waals surface area contributed by atoms with Gasteiger partial charge in [0.05, 0.1) is 0 Å². The number of fused-ring (bicyclic) bond motifs is 1. The normalized spacial score (nSPS) is 13.8. The predicted molar refractivity (Wildman–Crippen MR) is 85.1 cm³/mol. The number of aromatic nitrogens is 4. The Hall–Kier alpha value is -3.03. The molecule has 0 unspecified atom stereocenters. The van der Waals surface area contributed by atoms with Crippen molar-refractivity contribution in [1.82, 2.24) is 24.2 Å². The molecule has 0 bridgehead atoms. The average Bonchev–Trinajstić information content (AvgIpc) is 3.24. The minimum atomic E-state index is -0.896. The van der Waals surface area contributed by atoms with Crippen LogP contribution < -0.4 is 0 Å². The number of hydrogen-bond donors (Lipinski definition) is 0. The molecule has 1 aromatic carbocycles. The lowest BCUT2D eigenvalue weighted by Gasteiger charge is -2.28. The van der Waals surface area contributed by atoms with Gasteiger partial charge in [0, 0.05) is 38.6 Å². The molecule has 4 rings (SSSR count). The zero-order valence-electron chi connectivity index (χ0n) is 13.5. The minimum Gasteiger partial charge on any atom is -0.333 e. The van der Waals surface area contributed by atoms with Crippen molar-refractivity contribution in [1.29, 1.82) is 0 Å². The molecule has 1 aliphatic heterocycles. The molecule has 6 nitrogen and oxygen atoms in total. The molecule has 0 N–H and O–H groups in total. The van der Waals surface area contributed by atoms with Gasteiger partial charge in [-0.3, -0.25) is 14.0 Å². The first kappa shape index (κ1) is 15.5. The molecule has 0 atom stereocenters. The average molecular weight is 343 g/mol. The van der Waals surface area contributed by atoms with E-state index in [1.54, 1.807) is 33.6 Å². The molecule has 0 radical (unpaired) electrons. The largest absolute Gasteiger partial charge is 0.333 e. The lowest BCUT2D eigenvalue weighted by molar-refractivity contribution is 0.0729. The van der Waals surface area contributed by atoms with E-state index in [1.807, 2.05) is 6.07 Å². The first-order valence-corrected chi connectivity index (χ1v) is 7.81. The van der Waals surface area contributed by atoms with E-state index in [-0.39, 0.29) is 18.1 Å². The Morgan fingerprint density at radius 3 is 2.68 bits per heavy atom. The summed E-state index contributed by atoms with van der Waals surface area (Å²) in [6.07, 6.45) is 5.43. The van der Waals surface area contributed by atoms with Crippen molar-refractivity contribution in [2.24, 2.45) is 7.05 Å². The smallest absolute Gasteiger partial charge is 0.274 e. The zero-order valence-corrected chi connectivity index (χ0v) is 13.5. The zero-order chi connectivity index (χ0) is 17.6. The van der Waals surface area contributed by atoms with E-state index >= 15 is 0 Å². The maximum Gasteiger partial charge on any atom is 0.274 e. The van der Waals surface area contributed by atoms with Gasteiger partial charge >= 0.3 is 0 Å². The highest BCUT2D eigenvalue weighted by Gasteiger charge is 2.25. The van der Waals surface area contributed by atoms with E-state index in [1.165, 1.54) is 12.4 Å². The van der Waals surface area contributed by atoms with Gasteiger partial charge in [-0.1, -0.05) is 0 Å². The molecule has 0 spiro atoms. The van der Waals surface area contributed by atoms with E-state index < -0.39 is 11.6 Å². The van der Waals surface area contributed by atoms with Crippen LogP contribution in [0.3, 0.4) is 0 Å². The Balaban J connectivity index is 1.56. The number of nitrogens with zero attached hydrogens (tertiary/aromatic N) is 5. The molecular formula is C17H15F2N5O. The van der Waals surface area contributed by atoms with Gasteiger partial charge in [-0.05, 0) is 29.7 Å². The number of aryl methyl sites for hydroxylation is 1. The van der Waals surface area contributed by atoms with Gasteiger partial charge in [0.2, 0.25) is 0 Å². The van der Waals surface area contributed by atoms with Crippen LogP contribution in [0, 0.1) is 11.6 Å². The Morgan fingerprint density at radius 2 is 1.96 bits per heavy atom. The van der Waals surface area contributed by atoms with Crippen LogP contribution in [0.5, 0.6) is 0 Å². The molecule has 2 aromatic heterocycles. The number of carbonyl (C=O) groups excluding carboxylic acids is 1. The second-order valence-electron chi connectivity index (χ2n) is 6.03. The van der Waals surface area contributed by atoms with Crippen LogP contribution in [-0.4, -0.2) is 36.7 Å². The fraction of sp³-hybridized carbons (Fsp3) is 0.235. The number of benzene rings is 1. The molecular weight excluding hydrogens is 328 g/mol. The molecule has 1 amide bonds. The monoisotopic (exact) mass is 343 g/mol. The van der Waals surface area contributed by atoms with Gasteiger partial charge in [0.25, 0.3) is 5.91 Å². The van der Waals surface area contributed by atoms with Crippen LogP contribution in [0.15, 0.2) is 36.9 Å².